The molecule has 4 atom stereocenters. The second-order valence-corrected chi connectivity index (χ2v) is 11.7. The standard InChI is InChI=1S/C23H37N5O4S/c1-4-28(33(30,31)21-12-16(2)11-18-14-24-26-23(18)21)15-22(29)25-19-5-6-20(17(3)13-19)27-7-9-32-10-8-27/h5-6,13,16,18,21,23-24,26H,4,7-12,14-15H2,1-3H3,(H,25,29). The highest BCUT2D eigenvalue weighted by Gasteiger charge is 2.47. The van der Waals surface area contributed by atoms with Gasteiger partial charge in [-0.25, -0.2) is 8.42 Å². The molecular formula is C23H37N5O4S. The van der Waals surface area contributed by atoms with E-state index in [1.54, 1.807) is 6.92 Å². The molecule has 10 heteroatoms. The number of carbonyl (C=O) groups excluding carboxylic acids is 1. The predicted octanol–water partition coefficient (Wildman–Crippen LogP) is 1.31. The summed E-state index contributed by atoms with van der Waals surface area (Å²) in [5, 5.41) is 2.37. The first-order valence-corrected chi connectivity index (χ1v) is 13.5. The number of hydrogen-bond donors (Lipinski definition) is 3. The van der Waals surface area contributed by atoms with Crippen LogP contribution in [0.1, 0.15) is 32.3 Å². The van der Waals surface area contributed by atoms with Crippen molar-refractivity contribution in [1.82, 2.24) is 15.2 Å². The first kappa shape index (κ1) is 24.4. The van der Waals surface area contributed by atoms with E-state index in [-0.39, 0.29) is 25.0 Å². The number of likely N-dealkylation sites (N-methyl/N-ethyl adjacent to an activating group) is 1. The van der Waals surface area contributed by atoms with Gasteiger partial charge in [0, 0.05) is 43.6 Å². The molecule has 1 amide bonds. The Hall–Kier alpha value is -1.72. The molecule has 1 aliphatic carbocycles. The highest BCUT2D eigenvalue weighted by atomic mass is 32.2. The van der Waals surface area contributed by atoms with Crippen LogP contribution in [0.3, 0.4) is 0 Å². The molecule has 0 radical (unpaired) electrons. The number of rotatable bonds is 7. The molecule has 0 aromatic heterocycles. The monoisotopic (exact) mass is 479 g/mol. The van der Waals surface area contributed by atoms with Crippen LogP contribution in [-0.2, 0) is 19.6 Å². The molecule has 4 unspecified atom stereocenters. The van der Waals surface area contributed by atoms with Gasteiger partial charge >= 0.3 is 0 Å². The van der Waals surface area contributed by atoms with Crippen molar-refractivity contribution in [2.45, 2.75) is 44.9 Å². The highest BCUT2D eigenvalue weighted by molar-refractivity contribution is 7.89. The Bertz CT molecular complexity index is 950. The molecular weight excluding hydrogens is 442 g/mol. The van der Waals surface area contributed by atoms with Crippen molar-refractivity contribution in [3.05, 3.63) is 23.8 Å². The van der Waals surface area contributed by atoms with Gasteiger partial charge in [0.2, 0.25) is 15.9 Å². The van der Waals surface area contributed by atoms with Crippen molar-refractivity contribution in [1.29, 1.82) is 0 Å². The van der Waals surface area contributed by atoms with Crippen molar-refractivity contribution >= 4 is 27.3 Å². The van der Waals surface area contributed by atoms with E-state index in [0.717, 1.165) is 37.3 Å². The Kier molecular flexibility index (Phi) is 7.59. The van der Waals surface area contributed by atoms with Gasteiger partial charge in [0.1, 0.15) is 0 Å². The zero-order valence-corrected chi connectivity index (χ0v) is 20.7. The Labute approximate surface area is 197 Å². The molecule has 0 bridgehead atoms. The first-order valence-electron chi connectivity index (χ1n) is 12.0. The van der Waals surface area contributed by atoms with Gasteiger partial charge < -0.3 is 15.0 Å². The summed E-state index contributed by atoms with van der Waals surface area (Å²) in [5.74, 6) is 0.319. The number of anilines is 2. The minimum atomic E-state index is -3.63. The molecule has 9 nitrogen and oxygen atoms in total. The largest absolute Gasteiger partial charge is 0.378 e. The molecule has 3 fully saturated rings. The maximum atomic E-state index is 13.5. The fourth-order valence-corrected chi connectivity index (χ4v) is 7.74. The molecule has 1 aromatic carbocycles. The number of benzene rings is 1. The first-order chi connectivity index (χ1) is 15.8. The topological polar surface area (TPSA) is 103 Å². The smallest absolute Gasteiger partial charge is 0.239 e. The van der Waals surface area contributed by atoms with E-state index in [0.29, 0.717) is 37.2 Å². The fraction of sp³-hybridized carbons (Fsp3) is 0.696. The van der Waals surface area contributed by atoms with Gasteiger partial charge in [0.25, 0.3) is 0 Å². The minimum absolute atomic E-state index is 0.112. The number of aryl methyl sites for hydroxylation is 1. The average Bonchev–Trinajstić information content (AvgIpc) is 3.25. The van der Waals surface area contributed by atoms with Crippen LogP contribution in [0.4, 0.5) is 11.4 Å². The van der Waals surface area contributed by atoms with E-state index in [1.165, 1.54) is 4.31 Å². The maximum Gasteiger partial charge on any atom is 0.239 e. The summed E-state index contributed by atoms with van der Waals surface area (Å²) in [5.41, 5.74) is 9.18. The minimum Gasteiger partial charge on any atom is -0.378 e. The zero-order chi connectivity index (χ0) is 23.6. The van der Waals surface area contributed by atoms with Gasteiger partial charge in [-0.2, -0.15) is 4.31 Å². The van der Waals surface area contributed by atoms with E-state index < -0.39 is 15.3 Å². The number of nitrogens with zero attached hydrogens (tertiary/aromatic N) is 2. The second kappa shape index (κ2) is 10.3. The van der Waals surface area contributed by atoms with Gasteiger partial charge in [0.05, 0.1) is 25.0 Å². The molecule has 3 aliphatic rings. The number of carbonyl (C=O) groups is 1. The van der Waals surface area contributed by atoms with Crippen molar-refractivity contribution < 1.29 is 17.9 Å². The van der Waals surface area contributed by atoms with Crippen molar-refractivity contribution in [2.24, 2.45) is 11.8 Å². The Morgan fingerprint density at radius 1 is 1.27 bits per heavy atom. The lowest BCUT2D eigenvalue weighted by molar-refractivity contribution is -0.116. The van der Waals surface area contributed by atoms with E-state index >= 15 is 0 Å². The fourth-order valence-electron chi connectivity index (χ4n) is 5.47. The van der Waals surface area contributed by atoms with E-state index in [1.807, 2.05) is 25.1 Å². The third-order valence-electron chi connectivity index (χ3n) is 7.13. The number of hydrazine groups is 1. The number of nitrogens with one attached hydrogen (secondary N) is 3. The van der Waals surface area contributed by atoms with Crippen LogP contribution in [-0.4, -0.2) is 75.9 Å². The molecule has 1 saturated carbocycles. The molecule has 184 valence electrons. The summed E-state index contributed by atoms with van der Waals surface area (Å²) in [4.78, 5) is 15.1. The molecule has 1 aromatic rings. The van der Waals surface area contributed by atoms with Gasteiger partial charge in [-0.3, -0.25) is 15.6 Å². The molecule has 2 aliphatic heterocycles. The molecule has 33 heavy (non-hydrogen) atoms. The van der Waals surface area contributed by atoms with Gasteiger partial charge in [0.15, 0.2) is 0 Å². The lowest BCUT2D eigenvalue weighted by Crippen LogP contribution is -2.54. The maximum absolute atomic E-state index is 13.5. The van der Waals surface area contributed by atoms with E-state index in [4.69, 9.17) is 4.74 Å². The number of sulfonamides is 1. The van der Waals surface area contributed by atoms with Crippen LogP contribution in [0.25, 0.3) is 0 Å². The summed E-state index contributed by atoms with van der Waals surface area (Å²) >= 11 is 0. The molecule has 4 rings (SSSR count). The number of hydrogen-bond acceptors (Lipinski definition) is 7. The Morgan fingerprint density at radius 3 is 2.73 bits per heavy atom. The van der Waals surface area contributed by atoms with Crippen LogP contribution in [0, 0.1) is 18.8 Å². The SMILES string of the molecule is CCN(CC(=O)Nc1ccc(N2CCOCC2)c(C)c1)S(=O)(=O)C1CC(C)CC2CNNC21. The van der Waals surface area contributed by atoms with Crippen molar-refractivity contribution in [3.63, 3.8) is 0 Å². The lowest BCUT2D eigenvalue weighted by Gasteiger charge is -2.38. The molecule has 3 N–H and O–H groups in total. The van der Waals surface area contributed by atoms with Crippen LogP contribution >= 0.6 is 0 Å². The van der Waals surface area contributed by atoms with Crippen LogP contribution in [0.15, 0.2) is 18.2 Å². The molecule has 2 heterocycles. The van der Waals surface area contributed by atoms with Gasteiger partial charge in [-0.05, 0) is 55.4 Å². The molecule has 2 saturated heterocycles. The van der Waals surface area contributed by atoms with Gasteiger partial charge in [-0.15, -0.1) is 0 Å². The number of fused-ring (bicyclic) bond motifs is 1. The van der Waals surface area contributed by atoms with Crippen molar-refractivity contribution in [3.8, 4) is 0 Å². The van der Waals surface area contributed by atoms with Crippen LogP contribution < -0.4 is 21.1 Å². The van der Waals surface area contributed by atoms with Crippen molar-refractivity contribution in [2.75, 3.05) is 56.2 Å². The lowest BCUT2D eigenvalue weighted by atomic mass is 9.79. The number of ether oxygens (including phenoxy) is 1. The normalized spacial score (nSPS) is 28.1. The van der Waals surface area contributed by atoms with Gasteiger partial charge in [-0.1, -0.05) is 13.8 Å². The Balaban J connectivity index is 1.42. The van der Waals surface area contributed by atoms with Crippen LogP contribution in [0.5, 0.6) is 0 Å². The highest BCUT2D eigenvalue weighted by Crippen LogP contribution is 2.35. The summed E-state index contributed by atoms with van der Waals surface area (Å²) < 4.78 is 33.8. The van der Waals surface area contributed by atoms with E-state index in [2.05, 4.69) is 28.0 Å². The summed E-state index contributed by atoms with van der Waals surface area (Å²) in [6.07, 6.45) is 1.63. The predicted molar refractivity (Wildman–Crippen MR) is 130 cm³/mol. The number of morpholine rings is 1. The third-order valence-corrected chi connectivity index (χ3v) is 9.49. The quantitative estimate of drug-likeness (QED) is 0.542. The third kappa shape index (κ3) is 5.35. The Morgan fingerprint density at radius 2 is 2.03 bits per heavy atom. The summed E-state index contributed by atoms with van der Waals surface area (Å²) in [7, 11) is -3.63. The average molecular weight is 480 g/mol. The molecule has 0 spiro atoms. The second-order valence-electron chi connectivity index (χ2n) is 9.55. The summed E-state index contributed by atoms with van der Waals surface area (Å²) in [6.45, 7) is 9.92. The van der Waals surface area contributed by atoms with Crippen LogP contribution in [0.2, 0.25) is 0 Å². The summed E-state index contributed by atoms with van der Waals surface area (Å²) in [6, 6.07) is 5.71. The number of amides is 1. The van der Waals surface area contributed by atoms with E-state index in [9.17, 15) is 13.2 Å². The zero-order valence-electron chi connectivity index (χ0n) is 19.8.